The average molecular weight is 296 g/mol. The topological polar surface area (TPSA) is 48.7 Å². The summed E-state index contributed by atoms with van der Waals surface area (Å²) in [5.74, 6) is 1.89. The van der Waals surface area contributed by atoms with Crippen LogP contribution in [-0.2, 0) is 0 Å². The van der Waals surface area contributed by atoms with E-state index in [-0.39, 0.29) is 5.43 Å². The molecule has 0 spiro atoms. The predicted octanol–water partition coefficient (Wildman–Crippen LogP) is 3.56. The number of rotatable bonds is 5. The maximum atomic E-state index is 12.1. The lowest BCUT2D eigenvalue weighted by Gasteiger charge is -2.10. The lowest BCUT2D eigenvalue weighted by molar-refractivity contribution is 0.218. The van der Waals surface area contributed by atoms with Gasteiger partial charge in [-0.1, -0.05) is 24.3 Å². The summed E-state index contributed by atoms with van der Waals surface area (Å²) in [7, 11) is 0. The van der Waals surface area contributed by atoms with Crippen LogP contribution in [0.25, 0.3) is 11.0 Å². The van der Waals surface area contributed by atoms with Gasteiger partial charge < -0.3 is 13.9 Å². The molecule has 0 bridgehead atoms. The van der Waals surface area contributed by atoms with Gasteiger partial charge in [0.1, 0.15) is 41.4 Å². The summed E-state index contributed by atoms with van der Waals surface area (Å²) in [5, 5.41) is 0.466. The molecule has 0 aliphatic rings. The number of para-hydroxylation sites is 1. The van der Waals surface area contributed by atoms with Gasteiger partial charge in [-0.2, -0.15) is 0 Å². The zero-order chi connectivity index (χ0) is 15.4. The quantitative estimate of drug-likeness (QED) is 0.675. The summed E-state index contributed by atoms with van der Waals surface area (Å²) in [6.45, 7) is 2.50. The Balaban J connectivity index is 1.71. The van der Waals surface area contributed by atoms with Crippen LogP contribution < -0.4 is 14.9 Å². The molecular weight excluding hydrogens is 280 g/mol. The fourth-order valence-corrected chi connectivity index (χ4v) is 2.25. The fraction of sp³-hybridized carbons (Fsp3) is 0.167. The van der Waals surface area contributed by atoms with Gasteiger partial charge in [-0.15, -0.1) is 0 Å². The summed E-state index contributed by atoms with van der Waals surface area (Å²) >= 11 is 0. The Morgan fingerprint density at radius 3 is 2.55 bits per heavy atom. The molecule has 3 aromatic rings. The van der Waals surface area contributed by atoms with Crippen LogP contribution in [0.4, 0.5) is 0 Å². The lowest BCUT2D eigenvalue weighted by atomic mass is 10.2. The Kier molecular flexibility index (Phi) is 4.10. The third-order valence-electron chi connectivity index (χ3n) is 3.19. The van der Waals surface area contributed by atoms with Crippen LogP contribution >= 0.6 is 0 Å². The number of benzene rings is 2. The molecule has 0 N–H and O–H groups in total. The molecule has 22 heavy (non-hydrogen) atoms. The highest BCUT2D eigenvalue weighted by atomic mass is 16.5. The van der Waals surface area contributed by atoms with Crippen LogP contribution in [0.2, 0.25) is 0 Å². The largest absolute Gasteiger partial charge is 0.490 e. The molecule has 1 heterocycles. The summed E-state index contributed by atoms with van der Waals surface area (Å²) in [6, 6.07) is 16.3. The first-order valence-corrected chi connectivity index (χ1v) is 7.08. The summed E-state index contributed by atoms with van der Waals surface area (Å²) in [5.41, 5.74) is 0.435. The van der Waals surface area contributed by atoms with Gasteiger partial charge in [0.2, 0.25) is 0 Å². The van der Waals surface area contributed by atoms with Crippen molar-refractivity contribution in [2.45, 2.75) is 6.92 Å². The van der Waals surface area contributed by atoms with Crippen LogP contribution in [0, 0.1) is 6.92 Å². The Bertz CT molecular complexity index is 821. The van der Waals surface area contributed by atoms with Gasteiger partial charge >= 0.3 is 0 Å². The van der Waals surface area contributed by atoms with Crippen LogP contribution in [0.5, 0.6) is 11.5 Å². The summed E-state index contributed by atoms with van der Waals surface area (Å²) < 4.78 is 16.8. The number of hydrogen-bond donors (Lipinski definition) is 0. The molecule has 0 atom stereocenters. The minimum Gasteiger partial charge on any atom is -0.490 e. The molecule has 0 unspecified atom stereocenters. The van der Waals surface area contributed by atoms with E-state index in [9.17, 15) is 4.79 Å². The Morgan fingerprint density at radius 2 is 1.73 bits per heavy atom. The highest BCUT2D eigenvalue weighted by Gasteiger charge is 2.08. The second-order valence-corrected chi connectivity index (χ2v) is 4.86. The molecule has 0 saturated carbocycles. The van der Waals surface area contributed by atoms with Gasteiger partial charge in [-0.05, 0) is 31.2 Å². The minimum atomic E-state index is -0.0988. The van der Waals surface area contributed by atoms with Crippen molar-refractivity contribution < 1.29 is 13.9 Å². The van der Waals surface area contributed by atoms with Crippen LogP contribution in [0.3, 0.4) is 0 Å². The van der Waals surface area contributed by atoms with Crippen molar-refractivity contribution >= 4 is 11.0 Å². The minimum absolute atomic E-state index is 0.0988. The molecule has 0 saturated heterocycles. The maximum absolute atomic E-state index is 12.1. The number of hydrogen-bond acceptors (Lipinski definition) is 4. The van der Waals surface area contributed by atoms with Gasteiger partial charge in [-0.3, -0.25) is 4.79 Å². The van der Waals surface area contributed by atoms with Crippen LogP contribution in [0.15, 0.2) is 63.8 Å². The first kappa shape index (κ1) is 14.2. The van der Waals surface area contributed by atoms with Gasteiger partial charge in [0.25, 0.3) is 0 Å². The van der Waals surface area contributed by atoms with Crippen molar-refractivity contribution in [1.29, 1.82) is 0 Å². The Morgan fingerprint density at radius 1 is 0.955 bits per heavy atom. The second kappa shape index (κ2) is 6.35. The fourth-order valence-electron chi connectivity index (χ4n) is 2.25. The number of ether oxygens (including phenoxy) is 2. The molecule has 0 aliphatic heterocycles. The van der Waals surface area contributed by atoms with E-state index in [0.717, 1.165) is 5.75 Å². The molecule has 0 amide bonds. The van der Waals surface area contributed by atoms with Crippen molar-refractivity contribution in [2.75, 3.05) is 13.2 Å². The second-order valence-electron chi connectivity index (χ2n) is 4.86. The van der Waals surface area contributed by atoms with E-state index in [0.29, 0.717) is 35.7 Å². The summed E-state index contributed by atoms with van der Waals surface area (Å²) in [6.07, 6.45) is 0. The SMILES string of the molecule is Cc1cc(=O)c2c(OCCOc3ccccc3)cccc2o1. The maximum Gasteiger partial charge on any atom is 0.196 e. The van der Waals surface area contributed by atoms with Crippen molar-refractivity contribution in [3.63, 3.8) is 0 Å². The molecular formula is C18H16O4. The molecule has 112 valence electrons. The smallest absolute Gasteiger partial charge is 0.196 e. The molecule has 0 aliphatic carbocycles. The number of fused-ring (bicyclic) bond motifs is 1. The monoisotopic (exact) mass is 296 g/mol. The molecule has 2 aromatic carbocycles. The third-order valence-corrected chi connectivity index (χ3v) is 3.19. The number of aryl methyl sites for hydroxylation is 1. The van der Waals surface area contributed by atoms with E-state index in [1.165, 1.54) is 6.07 Å². The van der Waals surface area contributed by atoms with E-state index in [1.807, 2.05) is 30.3 Å². The van der Waals surface area contributed by atoms with Gasteiger partial charge in [-0.25, -0.2) is 0 Å². The Hall–Kier alpha value is -2.75. The van der Waals surface area contributed by atoms with Crippen LogP contribution in [0.1, 0.15) is 5.76 Å². The average Bonchev–Trinajstić information content (AvgIpc) is 2.52. The molecule has 4 nitrogen and oxygen atoms in total. The van der Waals surface area contributed by atoms with E-state index in [1.54, 1.807) is 25.1 Å². The van der Waals surface area contributed by atoms with Crippen molar-refractivity contribution in [3.8, 4) is 11.5 Å². The van der Waals surface area contributed by atoms with E-state index in [4.69, 9.17) is 13.9 Å². The molecule has 1 aromatic heterocycles. The molecule has 4 heteroatoms. The Labute approximate surface area is 127 Å². The standard InChI is InChI=1S/C18H16O4/c1-13-12-15(19)18-16(8-5-9-17(18)22-13)21-11-10-20-14-6-3-2-4-7-14/h2-9,12H,10-11H2,1H3. The highest BCUT2D eigenvalue weighted by Crippen LogP contribution is 2.23. The van der Waals surface area contributed by atoms with Crippen LogP contribution in [-0.4, -0.2) is 13.2 Å². The summed E-state index contributed by atoms with van der Waals surface area (Å²) in [4.78, 5) is 12.1. The van der Waals surface area contributed by atoms with E-state index < -0.39 is 0 Å². The molecule has 3 rings (SSSR count). The van der Waals surface area contributed by atoms with Gasteiger partial charge in [0, 0.05) is 6.07 Å². The van der Waals surface area contributed by atoms with Crippen molar-refractivity contribution in [3.05, 3.63) is 70.6 Å². The normalized spacial score (nSPS) is 10.6. The zero-order valence-corrected chi connectivity index (χ0v) is 12.2. The van der Waals surface area contributed by atoms with E-state index in [2.05, 4.69) is 0 Å². The first-order valence-electron chi connectivity index (χ1n) is 7.08. The van der Waals surface area contributed by atoms with E-state index >= 15 is 0 Å². The molecule has 0 fully saturated rings. The molecule has 0 radical (unpaired) electrons. The van der Waals surface area contributed by atoms with Crippen molar-refractivity contribution in [1.82, 2.24) is 0 Å². The van der Waals surface area contributed by atoms with Crippen molar-refractivity contribution in [2.24, 2.45) is 0 Å². The first-order chi connectivity index (χ1) is 10.7. The predicted molar refractivity (Wildman–Crippen MR) is 84.7 cm³/mol. The third kappa shape index (κ3) is 3.11. The van der Waals surface area contributed by atoms with Gasteiger partial charge in [0.05, 0.1) is 0 Å². The highest BCUT2D eigenvalue weighted by molar-refractivity contribution is 5.83. The lowest BCUT2D eigenvalue weighted by Crippen LogP contribution is -2.11. The zero-order valence-electron chi connectivity index (χ0n) is 12.2. The van der Waals surface area contributed by atoms with Gasteiger partial charge in [0.15, 0.2) is 5.43 Å².